The molecule has 1 aromatic heterocycles. The van der Waals surface area contributed by atoms with E-state index in [1.807, 2.05) is 50.2 Å². The summed E-state index contributed by atoms with van der Waals surface area (Å²) in [5.41, 5.74) is 4.90. The average molecular weight is 294 g/mol. The van der Waals surface area contributed by atoms with E-state index in [1.54, 1.807) is 18.0 Å². The molecule has 112 valence electrons. The lowest BCUT2D eigenvalue weighted by Crippen LogP contribution is -2.13. The zero-order chi connectivity index (χ0) is 15.7. The van der Waals surface area contributed by atoms with Crippen LogP contribution in [0, 0.1) is 13.8 Å². The maximum absolute atomic E-state index is 12.6. The van der Waals surface area contributed by atoms with Crippen molar-refractivity contribution < 1.29 is 9.53 Å². The lowest BCUT2D eigenvalue weighted by molar-refractivity contribution is 0.0918. The average Bonchev–Trinajstić information content (AvgIpc) is 2.91. The van der Waals surface area contributed by atoms with Gasteiger partial charge < -0.3 is 4.74 Å². The van der Waals surface area contributed by atoms with Crippen molar-refractivity contribution in [3.8, 4) is 5.75 Å². The number of carbonyl (C=O) groups is 1. The summed E-state index contributed by atoms with van der Waals surface area (Å²) in [6, 6.07) is 11.6. The number of benzene rings is 2. The van der Waals surface area contributed by atoms with Crippen molar-refractivity contribution in [2.75, 3.05) is 7.11 Å². The van der Waals surface area contributed by atoms with Crippen LogP contribution < -0.4 is 4.74 Å². The summed E-state index contributed by atoms with van der Waals surface area (Å²) in [6.45, 7) is 4.08. The molecule has 0 N–H and O–H groups in total. The maximum Gasteiger partial charge on any atom is 0.236 e. The molecule has 3 aromatic rings. The van der Waals surface area contributed by atoms with E-state index in [-0.39, 0.29) is 12.3 Å². The molecule has 0 saturated heterocycles. The summed E-state index contributed by atoms with van der Waals surface area (Å²) >= 11 is 0. The highest BCUT2D eigenvalue weighted by Crippen LogP contribution is 2.21. The second-order valence-corrected chi connectivity index (χ2v) is 5.42. The molecule has 0 fully saturated rings. The Labute approximate surface area is 129 Å². The number of hydrogen-bond acceptors (Lipinski definition) is 3. The summed E-state index contributed by atoms with van der Waals surface area (Å²) in [5.74, 6) is 0.711. The predicted molar refractivity (Wildman–Crippen MR) is 86.5 cm³/mol. The molecule has 3 rings (SSSR count). The van der Waals surface area contributed by atoms with Crippen molar-refractivity contribution in [3.05, 3.63) is 59.4 Å². The Bertz CT molecular complexity index is 849. The highest BCUT2D eigenvalue weighted by Gasteiger charge is 2.14. The maximum atomic E-state index is 12.6. The fraction of sp³-hybridized carbons (Fsp3) is 0.222. The van der Waals surface area contributed by atoms with Gasteiger partial charge in [-0.15, -0.1) is 0 Å². The van der Waals surface area contributed by atoms with Crippen LogP contribution in [0.3, 0.4) is 0 Å². The molecule has 4 nitrogen and oxygen atoms in total. The van der Waals surface area contributed by atoms with Crippen LogP contribution in [0.4, 0.5) is 0 Å². The van der Waals surface area contributed by atoms with E-state index in [2.05, 4.69) is 4.98 Å². The van der Waals surface area contributed by atoms with Crippen LogP contribution in [0.5, 0.6) is 5.75 Å². The molecule has 0 radical (unpaired) electrons. The summed E-state index contributed by atoms with van der Waals surface area (Å²) in [5, 5.41) is 0. The van der Waals surface area contributed by atoms with Crippen LogP contribution >= 0.6 is 0 Å². The van der Waals surface area contributed by atoms with Gasteiger partial charge in [0.15, 0.2) is 0 Å². The third-order valence-electron chi connectivity index (χ3n) is 3.97. The van der Waals surface area contributed by atoms with Gasteiger partial charge in [-0.1, -0.05) is 18.2 Å². The van der Waals surface area contributed by atoms with Crippen molar-refractivity contribution >= 4 is 16.9 Å². The van der Waals surface area contributed by atoms with Gasteiger partial charge in [-0.25, -0.2) is 4.98 Å². The molecular weight excluding hydrogens is 276 g/mol. The Hall–Kier alpha value is -2.62. The van der Waals surface area contributed by atoms with Crippen LogP contribution in [0.1, 0.15) is 21.5 Å². The van der Waals surface area contributed by atoms with E-state index in [1.165, 1.54) is 5.56 Å². The van der Waals surface area contributed by atoms with E-state index in [9.17, 15) is 4.79 Å². The van der Waals surface area contributed by atoms with Gasteiger partial charge in [0.1, 0.15) is 12.1 Å². The zero-order valence-electron chi connectivity index (χ0n) is 13.0. The number of hydrogen-bond donors (Lipinski definition) is 0. The van der Waals surface area contributed by atoms with E-state index in [0.717, 1.165) is 27.9 Å². The number of carbonyl (C=O) groups excluding carboxylic acids is 1. The summed E-state index contributed by atoms with van der Waals surface area (Å²) in [4.78, 5) is 17.0. The quantitative estimate of drug-likeness (QED) is 0.742. The molecule has 2 aromatic carbocycles. The van der Waals surface area contributed by atoms with Gasteiger partial charge >= 0.3 is 0 Å². The molecule has 0 amide bonds. The van der Waals surface area contributed by atoms with Gasteiger partial charge in [0, 0.05) is 5.56 Å². The van der Waals surface area contributed by atoms with E-state index in [4.69, 9.17) is 4.74 Å². The number of aryl methyl sites for hydroxylation is 2. The molecule has 22 heavy (non-hydrogen) atoms. The highest BCUT2D eigenvalue weighted by molar-refractivity contribution is 5.92. The van der Waals surface area contributed by atoms with Crippen molar-refractivity contribution in [1.82, 2.24) is 9.55 Å². The Morgan fingerprint density at radius 1 is 1.18 bits per heavy atom. The topological polar surface area (TPSA) is 44.1 Å². The predicted octanol–water partition coefficient (Wildman–Crippen LogP) is 3.54. The third-order valence-corrected chi connectivity index (χ3v) is 3.97. The number of fused-ring (bicyclic) bond motifs is 1. The lowest BCUT2D eigenvalue weighted by atomic mass is 10.1. The van der Waals surface area contributed by atoms with Crippen molar-refractivity contribution in [3.63, 3.8) is 0 Å². The van der Waals surface area contributed by atoms with Crippen LogP contribution in [0.2, 0.25) is 0 Å². The SMILES string of the molecule is COc1ccccc1CC(=O)n1cnc2cc(C)c(C)cc21. The molecule has 0 saturated carbocycles. The van der Waals surface area contributed by atoms with Crippen LogP contribution in [0.15, 0.2) is 42.7 Å². The number of ether oxygens (including phenoxy) is 1. The molecule has 0 bridgehead atoms. The Morgan fingerprint density at radius 2 is 1.91 bits per heavy atom. The number of nitrogens with zero attached hydrogens (tertiary/aromatic N) is 2. The molecule has 0 atom stereocenters. The second-order valence-electron chi connectivity index (χ2n) is 5.42. The van der Waals surface area contributed by atoms with Crippen LogP contribution in [-0.4, -0.2) is 22.6 Å². The molecule has 0 aliphatic carbocycles. The summed E-state index contributed by atoms with van der Waals surface area (Å²) in [6.07, 6.45) is 1.88. The smallest absolute Gasteiger partial charge is 0.236 e. The number of aromatic nitrogens is 2. The second kappa shape index (κ2) is 5.64. The van der Waals surface area contributed by atoms with Gasteiger partial charge in [-0.05, 0) is 43.2 Å². The molecule has 4 heteroatoms. The molecule has 0 unspecified atom stereocenters. The Balaban J connectivity index is 1.97. The minimum atomic E-state index is -0.0183. The monoisotopic (exact) mass is 294 g/mol. The summed E-state index contributed by atoms with van der Waals surface area (Å²) < 4.78 is 6.93. The number of imidazole rings is 1. The fourth-order valence-corrected chi connectivity index (χ4v) is 2.56. The Morgan fingerprint density at radius 3 is 2.68 bits per heavy atom. The van der Waals surface area contributed by atoms with Gasteiger partial charge in [0.2, 0.25) is 5.91 Å². The summed E-state index contributed by atoms with van der Waals surface area (Å²) in [7, 11) is 1.61. The minimum absolute atomic E-state index is 0.0183. The van der Waals surface area contributed by atoms with E-state index in [0.29, 0.717) is 0 Å². The first kappa shape index (κ1) is 14.3. The van der Waals surface area contributed by atoms with Crippen molar-refractivity contribution in [2.24, 2.45) is 0 Å². The van der Waals surface area contributed by atoms with Gasteiger partial charge in [0.25, 0.3) is 0 Å². The lowest BCUT2D eigenvalue weighted by Gasteiger charge is -2.08. The number of para-hydroxylation sites is 1. The van der Waals surface area contributed by atoms with E-state index < -0.39 is 0 Å². The molecule has 0 aliphatic rings. The highest BCUT2D eigenvalue weighted by atomic mass is 16.5. The first-order valence-corrected chi connectivity index (χ1v) is 7.19. The largest absolute Gasteiger partial charge is 0.496 e. The van der Waals surface area contributed by atoms with Gasteiger partial charge in [-0.3, -0.25) is 9.36 Å². The van der Waals surface area contributed by atoms with Crippen molar-refractivity contribution in [1.29, 1.82) is 0 Å². The van der Waals surface area contributed by atoms with Gasteiger partial charge in [0.05, 0.1) is 24.6 Å². The minimum Gasteiger partial charge on any atom is -0.496 e. The number of rotatable bonds is 3. The van der Waals surface area contributed by atoms with Crippen LogP contribution in [-0.2, 0) is 6.42 Å². The molecular formula is C18H18N2O2. The van der Waals surface area contributed by atoms with Crippen molar-refractivity contribution in [2.45, 2.75) is 20.3 Å². The molecule has 0 spiro atoms. The molecule has 1 heterocycles. The first-order valence-electron chi connectivity index (χ1n) is 7.19. The Kier molecular flexibility index (Phi) is 3.67. The standard InChI is InChI=1S/C18H18N2O2/c1-12-8-15-16(9-13(12)2)20(11-19-15)18(21)10-14-6-4-5-7-17(14)22-3/h4-9,11H,10H2,1-3H3. The van der Waals surface area contributed by atoms with E-state index >= 15 is 0 Å². The number of methoxy groups -OCH3 is 1. The zero-order valence-corrected chi connectivity index (χ0v) is 13.0. The third kappa shape index (κ3) is 2.48. The molecule has 0 aliphatic heterocycles. The fourth-order valence-electron chi connectivity index (χ4n) is 2.56. The van der Waals surface area contributed by atoms with Crippen LogP contribution in [0.25, 0.3) is 11.0 Å². The first-order chi connectivity index (χ1) is 10.6. The normalized spacial score (nSPS) is 10.9. The van der Waals surface area contributed by atoms with Gasteiger partial charge in [-0.2, -0.15) is 0 Å².